The minimum absolute atomic E-state index is 0.104. The Morgan fingerprint density at radius 1 is 1.21 bits per heavy atom. The van der Waals surface area contributed by atoms with Gasteiger partial charge in [0.15, 0.2) is 20.5 Å². The van der Waals surface area contributed by atoms with Gasteiger partial charge in [0.1, 0.15) is 0 Å². The van der Waals surface area contributed by atoms with E-state index in [-0.39, 0.29) is 11.5 Å². The average Bonchev–Trinajstić information content (AvgIpc) is 2.18. The molecular weight excluding hydrogens is 203 g/mol. The van der Waals surface area contributed by atoms with Gasteiger partial charge < -0.3 is 19.6 Å². The molecule has 1 unspecified atom stereocenters. The Labute approximate surface area is 84.1 Å². The summed E-state index contributed by atoms with van der Waals surface area (Å²) in [7, 11) is -0.468. The molecule has 4 nitrogen and oxygen atoms in total. The van der Waals surface area contributed by atoms with Crippen molar-refractivity contribution in [3.63, 3.8) is 0 Å². The maximum Gasteiger partial charge on any atom is 0.157 e. The highest BCUT2D eigenvalue weighted by Gasteiger charge is 2.00. The first-order valence-electron chi connectivity index (χ1n) is 4.26. The molecule has 0 spiro atoms. The molecule has 5 heteroatoms. The van der Waals surface area contributed by atoms with Crippen molar-refractivity contribution in [2.75, 3.05) is 6.61 Å². The average molecular weight is 216 g/mol. The van der Waals surface area contributed by atoms with Crippen LogP contribution >= 0.6 is 9.03 Å². The number of benzene rings is 1. The number of aryl methyl sites for hydroxylation is 1. The van der Waals surface area contributed by atoms with Crippen LogP contribution in [-0.4, -0.2) is 21.7 Å². The van der Waals surface area contributed by atoms with Crippen LogP contribution in [0.25, 0.3) is 0 Å². The molecule has 1 aromatic carbocycles. The molecule has 0 saturated carbocycles. The minimum Gasteiger partial charge on any atom is -0.504 e. The zero-order chi connectivity index (χ0) is 10.4. The number of hydrogen-bond acceptors (Lipinski definition) is 4. The van der Waals surface area contributed by atoms with E-state index >= 15 is 0 Å². The lowest BCUT2D eigenvalue weighted by atomic mass is 10.1. The summed E-state index contributed by atoms with van der Waals surface area (Å²) in [6, 6.07) is 4.73. The minimum atomic E-state index is -0.468. The summed E-state index contributed by atoms with van der Waals surface area (Å²) in [5.41, 5.74) is 0.935. The van der Waals surface area contributed by atoms with Crippen molar-refractivity contribution >= 4 is 9.03 Å². The number of rotatable bonds is 5. The normalized spacial score (nSPS) is 11.2. The molecule has 0 fully saturated rings. The molecule has 0 saturated heterocycles. The van der Waals surface area contributed by atoms with Crippen molar-refractivity contribution in [3.8, 4) is 11.5 Å². The zero-order valence-electron chi connectivity index (χ0n) is 7.60. The highest BCUT2D eigenvalue weighted by atomic mass is 31.1. The Bertz CT molecular complexity index is 290. The summed E-state index contributed by atoms with van der Waals surface area (Å²) in [6.07, 6.45) is 1.52. The van der Waals surface area contributed by atoms with Gasteiger partial charge in [0.25, 0.3) is 0 Å². The number of phenols is 2. The first kappa shape index (κ1) is 11.2. The quantitative estimate of drug-likeness (QED) is 0.396. The van der Waals surface area contributed by atoms with Crippen molar-refractivity contribution in [3.05, 3.63) is 23.8 Å². The fraction of sp³-hybridized carbons (Fsp3) is 0.333. The fourth-order valence-corrected chi connectivity index (χ4v) is 1.35. The van der Waals surface area contributed by atoms with Crippen LogP contribution in [0.15, 0.2) is 18.2 Å². The fourth-order valence-electron chi connectivity index (χ4n) is 1.12. The van der Waals surface area contributed by atoms with Gasteiger partial charge in [0, 0.05) is 0 Å². The Hall–Kier alpha value is -0.830. The molecule has 14 heavy (non-hydrogen) atoms. The summed E-state index contributed by atoms with van der Waals surface area (Å²) in [5.74, 6) is -0.214. The van der Waals surface area contributed by atoms with Gasteiger partial charge in [-0.15, -0.1) is 0 Å². The third-order valence-corrected chi connectivity index (χ3v) is 2.15. The first-order valence-corrected chi connectivity index (χ1v) is 5.11. The molecule has 78 valence electrons. The highest BCUT2D eigenvalue weighted by molar-refractivity contribution is 7.24. The van der Waals surface area contributed by atoms with Crippen LogP contribution in [0.1, 0.15) is 12.0 Å². The SMILES string of the molecule is OPOCCCc1ccc(O)c(O)c1. The smallest absolute Gasteiger partial charge is 0.157 e. The van der Waals surface area contributed by atoms with Crippen LogP contribution < -0.4 is 0 Å². The molecule has 0 radical (unpaired) electrons. The van der Waals surface area contributed by atoms with Gasteiger partial charge in [0.2, 0.25) is 0 Å². The molecule has 0 aromatic heterocycles. The van der Waals surface area contributed by atoms with Crippen molar-refractivity contribution in [1.82, 2.24) is 0 Å². The van der Waals surface area contributed by atoms with Crippen molar-refractivity contribution in [2.45, 2.75) is 12.8 Å². The van der Waals surface area contributed by atoms with Gasteiger partial charge in [-0.25, -0.2) is 0 Å². The van der Waals surface area contributed by atoms with E-state index in [2.05, 4.69) is 0 Å². The Balaban J connectivity index is 2.39. The summed E-state index contributed by atoms with van der Waals surface area (Å²) in [6.45, 7) is 0.497. The van der Waals surface area contributed by atoms with Gasteiger partial charge >= 0.3 is 0 Å². The van der Waals surface area contributed by atoms with E-state index in [0.717, 1.165) is 18.4 Å². The lowest BCUT2D eigenvalue weighted by Gasteiger charge is -2.03. The highest BCUT2D eigenvalue weighted by Crippen LogP contribution is 2.25. The van der Waals surface area contributed by atoms with Crippen LogP contribution in [0.2, 0.25) is 0 Å². The standard InChI is InChI=1S/C9H13O4P/c10-8-4-3-7(6-9(8)11)2-1-5-13-14-12/h3-4,6,10-12,14H,1-2,5H2. The maximum atomic E-state index is 9.18. The summed E-state index contributed by atoms with van der Waals surface area (Å²) >= 11 is 0. The first-order chi connectivity index (χ1) is 6.74. The van der Waals surface area contributed by atoms with E-state index in [9.17, 15) is 5.11 Å². The zero-order valence-corrected chi connectivity index (χ0v) is 8.60. The van der Waals surface area contributed by atoms with Crippen LogP contribution in [0.3, 0.4) is 0 Å². The van der Waals surface area contributed by atoms with E-state index in [1.165, 1.54) is 12.1 Å². The molecule has 1 aromatic rings. The van der Waals surface area contributed by atoms with E-state index in [4.69, 9.17) is 14.5 Å². The van der Waals surface area contributed by atoms with Crippen LogP contribution in [-0.2, 0) is 10.9 Å². The summed E-state index contributed by atoms with van der Waals surface area (Å²) in [4.78, 5) is 8.38. The van der Waals surface area contributed by atoms with Crippen molar-refractivity contribution in [1.29, 1.82) is 0 Å². The third kappa shape index (κ3) is 3.50. The lowest BCUT2D eigenvalue weighted by Crippen LogP contribution is -1.90. The molecule has 0 amide bonds. The topological polar surface area (TPSA) is 69.9 Å². The molecule has 0 aliphatic rings. The Kier molecular flexibility index (Phi) is 4.66. The summed E-state index contributed by atoms with van der Waals surface area (Å²) < 4.78 is 4.78. The second-order valence-corrected chi connectivity index (χ2v) is 3.34. The molecule has 0 aliphatic heterocycles. The molecule has 3 N–H and O–H groups in total. The predicted molar refractivity (Wildman–Crippen MR) is 54.6 cm³/mol. The second kappa shape index (κ2) is 5.81. The van der Waals surface area contributed by atoms with Gasteiger partial charge in [0.05, 0.1) is 6.61 Å². The van der Waals surface area contributed by atoms with E-state index in [1.807, 2.05) is 0 Å². The van der Waals surface area contributed by atoms with Crippen LogP contribution in [0, 0.1) is 0 Å². The van der Waals surface area contributed by atoms with Gasteiger partial charge in [-0.05, 0) is 30.5 Å². The van der Waals surface area contributed by atoms with E-state index in [1.54, 1.807) is 6.07 Å². The Morgan fingerprint density at radius 3 is 2.64 bits per heavy atom. The van der Waals surface area contributed by atoms with Gasteiger partial charge in [-0.2, -0.15) is 0 Å². The van der Waals surface area contributed by atoms with Crippen molar-refractivity contribution < 1.29 is 19.6 Å². The number of phenolic OH excluding ortho intramolecular Hbond substituents is 2. The van der Waals surface area contributed by atoms with E-state index < -0.39 is 9.03 Å². The molecule has 0 heterocycles. The predicted octanol–water partition coefficient (Wildman–Crippen LogP) is 1.55. The largest absolute Gasteiger partial charge is 0.504 e. The molecule has 0 bridgehead atoms. The number of hydrogen-bond donors (Lipinski definition) is 3. The Morgan fingerprint density at radius 2 is 2.00 bits per heavy atom. The second-order valence-electron chi connectivity index (χ2n) is 2.87. The number of aromatic hydroxyl groups is 2. The summed E-state index contributed by atoms with van der Waals surface area (Å²) in [5, 5.41) is 18.2. The van der Waals surface area contributed by atoms with Crippen LogP contribution in [0.4, 0.5) is 0 Å². The molecule has 0 aliphatic carbocycles. The van der Waals surface area contributed by atoms with Gasteiger partial charge in [-0.1, -0.05) is 6.07 Å². The third-order valence-electron chi connectivity index (χ3n) is 1.82. The molecular formula is C9H13O4P. The molecule has 1 atom stereocenters. The van der Waals surface area contributed by atoms with Gasteiger partial charge in [-0.3, -0.25) is 0 Å². The lowest BCUT2D eigenvalue weighted by molar-refractivity contribution is 0.320. The van der Waals surface area contributed by atoms with Crippen LogP contribution in [0.5, 0.6) is 11.5 Å². The van der Waals surface area contributed by atoms with E-state index in [0.29, 0.717) is 6.61 Å². The van der Waals surface area contributed by atoms with Crippen molar-refractivity contribution in [2.24, 2.45) is 0 Å². The molecule has 1 rings (SSSR count). The monoisotopic (exact) mass is 216 g/mol. The maximum absolute atomic E-state index is 9.18.